The first-order chi connectivity index (χ1) is 10.6. The number of hydrogen-bond acceptors (Lipinski definition) is 5. The Hall–Kier alpha value is -2.45. The molecule has 0 aromatic heterocycles. The van der Waals surface area contributed by atoms with Gasteiger partial charge in [-0.25, -0.2) is 0 Å². The van der Waals surface area contributed by atoms with Crippen LogP contribution >= 0.6 is 0 Å². The molecule has 2 amide bonds. The van der Waals surface area contributed by atoms with Crippen molar-refractivity contribution in [3.05, 3.63) is 35.4 Å². The number of nitrogens with two attached hydrogens (primary N) is 3. The molecule has 1 rings (SSSR count). The highest BCUT2D eigenvalue weighted by Crippen LogP contribution is 2.07. The van der Waals surface area contributed by atoms with Crippen molar-refractivity contribution < 1.29 is 9.59 Å². The molecule has 0 fully saturated rings. The molecular formula is C14H22N6O2. The molecular weight excluding hydrogens is 284 g/mol. The van der Waals surface area contributed by atoms with Gasteiger partial charge in [-0.1, -0.05) is 18.2 Å². The van der Waals surface area contributed by atoms with E-state index in [0.717, 1.165) is 0 Å². The fourth-order valence-corrected chi connectivity index (χ4v) is 1.79. The SMILES string of the molecule is NNCCC(=O)NCCCN=C(N)c1ccccc1C(N)=O. The number of carbonyl (C=O) groups is 2. The molecule has 1 aromatic rings. The lowest BCUT2D eigenvalue weighted by atomic mass is 10.1. The monoisotopic (exact) mass is 306 g/mol. The number of benzene rings is 1. The van der Waals surface area contributed by atoms with Crippen LogP contribution in [0.5, 0.6) is 0 Å². The number of hydrogen-bond donors (Lipinski definition) is 5. The molecule has 8 nitrogen and oxygen atoms in total. The van der Waals surface area contributed by atoms with Crippen LogP contribution in [0, 0.1) is 0 Å². The number of hydrazine groups is 1. The van der Waals surface area contributed by atoms with Gasteiger partial charge in [0.25, 0.3) is 0 Å². The molecule has 0 atom stereocenters. The number of nitrogens with one attached hydrogen (secondary N) is 2. The summed E-state index contributed by atoms with van der Waals surface area (Å²) in [5.74, 6) is 4.72. The minimum atomic E-state index is -0.547. The van der Waals surface area contributed by atoms with Crippen molar-refractivity contribution in [3.63, 3.8) is 0 Å². The zero-order chi connectivity index (χ0) is 16.4. The van der Waals surface area contributed by atoms with E-state index in [1.165, 1.54) is 0 Å². The molecule has 1 aromatic carbocycles. The molecule has 0 radical (unpaired) electrons. The Morgan fingerprint density at radius 3 is 2.41 bits per heavy atom. The number of rotatable bonds is 9. The molecule has 0 unspecified atom stereocenters. The third-order valence-electron chi connectivity index (χ3n) is 2.90. The number of amidine groups is 1. The zero-order valence-electron chi connectivity index (χ0n) is 12.3. The lowest BCUT2D eigenvalue weighted by molar-refractivity contribution is -0.120. The average molecular weight is 306 g/mol. The summed E-state index contributed by atoms with van der Waals surface area (Å²) in [4.78, 5) is 26.8. The first kappa shape index (κ1) is 17.6. The number of carbonyl (C=O) groups excluding carboxylic acids is 2. The molecule has 8 heteroatoms. The van der Waals surface area contributed by atoms with Gasteiger partial charge in [-0.2, -0.15) is 0 Å². The van der Waals surface area contributed by atoms with Gasteiger partial charge in [0.15, 0.2) is 0 Å². The van der Waals surface area contributed by atoms with E-state index in [9.17, 15) is 9.59 Å². The van der Waals surface area contributed by atoms with Gasteiger partial charge in [-0.3, -0.25) is 25.8 Å². The molecule has 0 spiro atoms. The van der Waals surface area contributed by atoms with E-state index in [0.29, 0.717) is 43.6 Å². The Morgan fingerprint density at radius 2 is 1.77 bits per heavy atom. The van der Waals surface area contributed by atoms with Crippen molar-refractivity contribution in [3.8, 4) is 0 Å². The maximum atomic E-state index is 11.3. The van der Waals surface area contributed by atoms with E-state index in [2.05, 4.69) is 15.7 Å². The normalized spacial score (nSPS) is 11.2. The summed E-state index contributed by atoms with van der Waals surface area (Å²) < 4.78 is 0. The fourth-order valence-electron chi connectivity index (χ4n) is 1.79. The Labute approximate surface area is 129 Å². The molecule has 8 N–H and O–H groups in total. The summed E-state index contributed by atoms with van der Waals surface area (Å²) in [6.07, 6.45) is 0.967. The number of aliphatic imine (C=N–C) groups is 1. The largest absolute Gasteiger partial charge is 0.383 e. The summed E-state index contributed by atoms with van der Waals surface area (Å²) in [6.45, 7) is 1.37. The van der Waals surface area contributed by atoms with Gasteiger partial charge in [-0.05, 0) is 12.5 Å². The highest BCUT2D eigenvalue weighted by Gasteiger charge is 2.09. The predicted octanol–water partition coefficient (Wildman–Crippen LogP) is -1.15. The van der Waals surface area contributed by atoms with Crippen LogP contribution in [0.2, 0.25) is 0 Å². The third-order valence-corrected chi connectivity index (χ3v) is 2.90. The summed E-state index contributed by atoms with van der Waals surface area (Å²) >= 11 is 0. The third kappa shape index (κ3) is 5.90. The minimum absolute atomic E-state index is 0.0750. The van der Waals surface area contributed by atoms with Crippen molar-refractivity contribution in [1.82, 2.24) is 10.7 Å². The minimum Gasteiger partial charge on any atom is -0.383 e. The van der Waals surface area contributed by atoms with Gasteiger partial charge in [0.1, 0.15) is 5.84 Å². The highest BCUT2D eigenvalue weighted by atomic mass is 16.1. The van der Waals surface area contributed by atoms with Crippen molar-refractivity contribution in [1.29, 1.82) is 0 Å². The molecule has 22 heavy (non-hydrogen) atoms. The smallest absolute Gasteiger partial charge is 0.249 e. The summed E-state index contributed by atoms with van der Waals surface area (Å²) in [5, 5.41) is 2.74. The van der Waals surface area contributed by atoms with Crippen LogP contribution in [0.3, 0.4) is 0 Å². The summed E-state index contributed by atoms with van der Waals surface area (Å²) in [5.41, 5.74) is 14.4. The molecule has 120 valence electrons. The zero-order valence-corrected chi connectivity index (χ0v) is 12.3. The Bertz CT molecular complexity index is 544. The van der Waals surface area contributed by atoms with Crippen molar-refractivity contribution in [2.45, 2.75) is 12.8 Å². The van der Waals surface area contributed by atoms with E-state index >= 15 is 0 Å². The van der Waals surface area contributed by atoms with Gasteiger partial charge in [0, 0.05) is 37.2 Å². The fraction of sp³-hybridized carbons (Fsp3) is 0.357. The van der Waals surface area contributed by atoms with Crippen molar-refractivity contribution in [2.24, 2.45) is 22.3 Å². The predicted molar refractivity (Wildman–Crippen MR) is 85.0 cm³/mol. The number of amides is 2. The van der Waals surface area contributed by atoms with E-state index in [4.69, 9.17) is 17.3 Å². The van der Waals surface area contributed by atoms with Crippen LogP contribution in [0.4, 0.5) is 0 Å². The maximum absolute atomic E-state index is 11.3. The summed E-state index contributed by atoms with van der Waals surface area (Å²) in [6, 6.07) is 6.77. The molecule has 0 saturated heterocycles. The Kier molecular flexibility index (Phi) is 7.58. The lowest BCUT2D eigenvalue weighted by Crippen LogP contribution is -2.31. The number of nitrogens with zero attached hydrogens (tertiary/aromatic N) is 1. The van der Waals surface area contributed by atoms with E-state index in [-0.39, 0.29) is 11.7 Å². The molecule has 0 bridgehead atoms. The second kappa shape index (κ2) is 9.48. The molecule has 0 aliphatic rings. The summed E-state index contributed by atoms with van der Waals surface area (Å²) in [7, 11) is 0. The maximum Gasteiger partial charge on any atom is 0.249 e. The topological polar surface area (TPSA) is 149 Å². The first-order valence-electron chi connectivity index (χ1n) is 6.95. The van der Waals surface area contributed by atoms with Gasteiger partial charge in [-0.15, -0.1) is 0 Å². The molecule has 0 saturated carbocycles. The van der Waals surface area contributed by atoms with Crippen molar-refractivity contribution >= 4 is 17.6 Å². The first-order valence-corrected chi connectivity index (χ1v) is 6.95. The molecule has 0 aliphatic carbocycles. The standard InChI is InChI=1S/C14H22N6O2/c15-13(10-4-1-2-5-11(10)14(16)22)19-8-3-7-18-12(21)6-9-20-17/h1-2,4-5,20H,3,6-9,17H2,(H2,15,19)(H2,16,22)(H,18,21). The van der Waals surface area contributed by atoms with Gasteiger partial charge in [0.2, 0.25) is 11.8 Å². The highest BCUT2D eigenvalue weighted by molar-refractivity contribution is 6.08. The molecule has 0 heterocycles. The van der Waals surface area contributed by atoms with Gasteiger partial charge < -0.3 is 16.8 Å². The Morgan fingerprint density at radius 1 is 1.09 bits per heavy atom. The Balaban J connectivity index is 2.44. The van der Waals surface area contributed by atoms with Gasteiger partial charge >= 0.3 is 0 Å². The van der Waals surface area contributed by atoms with Crippen LogP contribution in [0.1, 0.15) is 28.8 Å². The number of primary amides is 1. The second-order valence-electron chi connectivity index (χ2n) is 4.58. The van der Waals surface area contributed by atoms with E-state index in [1.807, 2.05) is 0 Å². The average Bonchev–Trinajstić information content (AvgIpc) is 2.52. The van der Waals surface area contributed by atoms with E-state index in [1.54, 1.807) is 24.3 Å². The van der Waals surface area contributed by atoms with Crippen molar-refractivity contribution in [2.75, 3.05) is 19.6 Å². The molecule has 0 aliphatic heterocycles. The van der Waals surface area contributed by atoms with Crippen LogP contribution in [-0.2, 0) is 4.79 Å². The van der Waals surface area contributed by atoms with Gasteiger partial charge in [0.05, 0.1) is 0 Å². The van der Waals surface area contributed by atoms with Crippen LogP contribution in [0.25, 0.3) is 0 Å². The van der Waals surface area contributed by atoms with Crippen LogP contribution < -0.4 is 28.1 Å². The quantitative estimate of drug-likeness (QED) is 0.128. The van der Waals surface area contributed by atoms with Crippen LogP contribution in [0.15, 0.2) is 29.3 Å². The van der Waals surface area contributed by atoms with E-state index < -0.39 is 5.91 Å². The second-order valence-corrected chi connectivity index (χ2v) is 4.58. The lowest BCUT2D eigenvalue weighted by Gasteiger charge is -2.06. The van der Waals surface area contributed by atoms with Crippen LogP contribution in [-0.4, -0.2) is 37.3 Å².